The van der Waals surface area contributed by atoms with Gasteiger partial charge in [0.1, 0.15) is 5.75 Å². The van der Waals surface area contributed by atoms with Crippen molar-refractivity contribution in [2.75, 3.05) is 64.2 Å². The minimum Gasteiger partial charge on any atom is -0.495 e. The van der Waals surface area contributed by atoms with E-state index < -0.39 is 0 Å². The molecule has 0 aromatic heterocycles. The smallest absolute Gasteiger partial charge is 0.143 e. The van der Waals surface area contributed by atoms with E-state index in [1.165, 1.54) is 11.3 Å². The number of methoxy groups -OCH3 is 1. The normalized spacial score (nSPS) is 21.1. The summed E-state index contributed by atoms with van der Waals surface area (Å²) < 4.78 is 11.0. The highest BCUT2D eigenvalue weighted by atomic mass is 16.5. The molecule has 2 N–H and O–H groups in total. The SMILES string of the molecule is COc1cc(N2CCN(C)CC2)c(C2CCOCC2)cc1N. The minimum atomic E-state index is 0.539. The molecular formula is C17H27N3O2. The van der Waals surface area contributed by atoms with Crippen molar-refractivity contribution in [3.8, 4) is 5.75 Å². The number of piperazine rings is 1. The number of likely N-dealkylation sites (N-methyl/N-ethyl adjacent to an activating group) is 1. The Balaban J connectivity index is 1.93. The van der Waals surface area contributed by atoms with E-state index in [1.54, 1.807) is 7.11 Å². The Morgan fingerprint density at radius 3 is 2.45 bits per heavy atom. The van der Waals surface area contributed by atoms with Crippen LogP contribution >= 0.6 is 0 Å². The summed E-state index contributed by atoms with van der Waals surface area (Å²) in [5, 5.41) is 0. The number of rotatable bonds is 3. The highest BCUT2D eigenvalue weighted by Gasteiger charge is 2.25. The molecule has 0 saturated carbocycles. The second kappa shape index (κ2) is 6.75. The van der Waals surface area contributed by atoms with Crippen molar-refractivity contribution in [2.24, 2.45) is 0 Å². The Bertz CT molecular complexity index is 507. The zero-order valence-electron chi connectivity index (χ0n) is 13.7. The van der Waals surface area contributed by atoms with E-state index >= 15 is 0 Å². The monoisotopic (exact) mass is 305 g/mol. The summed E-state index contributed by atoms with van der Waals surface area (Å²) in [5.74, 6) is 1.32. The number of nitrogen functional groups attached to an aromatic ring is 1. The van der Waals surface area contributed by atoms with Crippen molar-refractivity contribution in [3.63, 3.8) is 0 Å². The molecule has 5 heteroatoms. The largest absolute Gasteiger partial charge is 0.495 e. The molecule has 122 valence electrons. The Morgan fingerprint density at radius 1 is 1.14 bits per heavy atom. The fourth-order valence-corrected chi connectivity index (χ4v) is 3.44. The van der Waals surface area contributed by atoms with Crippen LogP contribution in [0.25, 0.3) is 0 Å². The fraction of sp³-hybridized carbons (Fsp3) is 0.647. The highest BCUT2D eigenvalue weighted by molar-refractivity contribution is 5.68. The van der Waals surface area contributed by atoms with Crippen molar-refractivity contribution < 1.29 is 9.47 Å². The second-order valence-electron chi connectivity index (χ2n) is 6.33. The molecule has 2 aliphatic heterocycles. The molecule has 2 fully saturated rings. The van der Waals surface area contributed by atoms with Crippen LogP contribution in [0.1, 0.15) is 24.3 Å². The molecule has 0 amide bonds. The average molecular weight is 305 g/mol. The van der Waals surface area contributed by atoms with Gasteiger partial charge in [0.2, 0.25) is 0 Å². The highest BCUT2D eigenvalue weighted by Crippen LogP contribution is 2.39. The van der Waals surface area contributed by atoms with Gasteiger partial charge in [0.15, 0.2) is 0 Å². The molecule has 1 aromatic carbocycles. The maximum Gasteiger partial charge on any atom is 0.143 e. The number of ether oxygens (including phenoxy) is 2. The number of nitrogens with zero attached hydrogens (tertiary/aromatic N) is 2. The lowest BCUT2D eigenvalue weighted by atomic mass is 9.89. The lowest BCUT2D eigenvalue weighted by Crippen LogP contribution is -2.45. The van der Waals surface area contributed by atoms with Crippen molar-refractivity contribution in [2.45, 2.75) is 18.8 Å². The maximum absolute atomic E-state index is 6.18. The van der Waals surface area contributed by atoms with E-state index in [2.05, 4.69) is 29.0 Å². The molecule has 0 atom stereocenters. The van der Waals surface area contributed by atoms with Crippen molar-refractivity contribution in [1.29, 1.82) is 0 Å². The van der Waals surface area contributed by atoms with Crippen LogP contribution < -0.4 is 15.4 Å². The van der Waals surface area contributed by atoms with Crippen LogP contribution in [0.4, 0.5) is 11.4 Å². The van der Waals surface area contributed by atoms with Gasteiger partial charge in [-0.1, -0.05) is 0 Å². The molecule has 2 aliphatic rings. The van der Waals surface area contributed by atoms with Gasteiger partial charge in [0.05, 0.1) is 12.8 Å². The predicted molar refractivity (Wildman–Crippen MR) is 89.9 cm³/mol. The zero-order valence-corrected chi connectivity index (χ0v) is 13.7. The van der Waals surface area contributed by atoms with Gasteiger partial charge in [-0.15, -0.1) is 0 Å². The quantitative estimate of drug-likeness (QED) is 0.865. The summed E-state index contributed by atoms with van der Waals surface area (Å²) in [6.07, 6.45) is 2.15. The van der Waals surface area contributed by atoms with E-state index in [0.29, 0.717) is 5.92 Å². The van der Waals surface area contributed by atoms with Gasteiger partial charge in [-0.2, -0.15) is 0 Å². The van der Waals surface area contributed by atoms with E-state index in [0.717, 1.165) is 63.7 Å². The first kappa shape index (κ1) is 15.4. The lowest BCUT2D eigenvalue weighted by Gasteiger charge is -2.37. The molecular weight excluding hydrogens is 278 g/mol. The molecule has 0 aliphatic carbocycles. The summed E-state index contributed by atoms with van der Waals surface area (Å²) in [6.45, 7) is 6.00. The van der Waals surface area contributed by atoms with Crippen LogP contribution in [-0.2, 0) is 4.74 Å². The third-order valence-corrected chi connectivity index (χ3v) is 4.88. The van der Waals surface area contributed by atoms with E-state index in [9.17, 15) is 0 Å². The van der Waals surface area contributed by atoms with Crippen LogP contribution in [0.15, 0.2) is 12.1 Å². The van der Waals surface area contributed by atoms with Gasteiger partial charge in [-0.25, -0.2) is 0 Å². The molecule has 5 nitrogen and oxygen atoms in total. The summed E-state index contributed by atoms with van der Waals surface area (Å²) in [5.41, 5.74) is 9.58. The topological polar surface area (TPSA) is 51.0 Å². The Hall–Kier alpha value is -1.46. The van der Waals surface area contributed by atoms with Gasteiger partial charge in [-0.3, -0.25) is 0 Å². The van der Waals surface area contributed by atoms with Crippen molar-refractivity contribution in [3.05, 3.63) is 17.7 Å². The molecule has 1 aromatic rings. The van der Waals surface area contributed by atoms with E-state index in [1.807, 2.05) is 0 Å². The van der Waals surface area contributed by atoms with Crippen molar-refractivity contribution >= 4 is 11.4 Å². The molecule has 3 rings (SSSR count). The Kier molecular flexibility index (Phi) is 4.74. The van der Waals surface area contributed by atoms with E-state index in [4.69, 9.17) is 15.2 Å². The number of benzene rings is 1. The van der Waals surface area contributed by atoms with Crippen LogP contribution in [0.5, 0.6) is 5.75 Å². The molecule has 2 heterocycles. The molecule has 0 bridgehead atoms. The molecule has 2 saturated heterocycles. The van der Waals surface area contributed by atoms with Gasteiger partial charge in [0, 0.05) is 51.1 Å². The molecule has 0 unspecified atom stereocenters. The summed E-state index contributed by atoms with van der Waals surface area (Å²) in [6, 6.07) is 4.26. The predicted octanol–water partition coefficient (Wildman–Crippen LogP) is 1.92. The summed E-state index contributed by atoms with van der Waals surface area (Å²) in [4.78, 5) is 4.85. The fourth-order valence-electron chi connectivity index (χ4n) is 3.44. The Labute approximate surface area is 133 Å². The van der Waals surface area contributed by atoms with Crippen LogP contribution in [-0.4, -0.2) is 58.5 Å². The zero-order chi connectivity index (χ0) is 15.5. The third kappa shape index (κ3) is 3.15. The first-order chi connectivity index (χ1) is 10.7. The average Bonchev–Trinajstić information content (AvgIpc) is 2.56. The van der Waals surface area contributed by atoms with Crippen LogP contribution in [0.3, 0.4) is 0 Å². The van der Waals surface area contributed by atoms with Gasteiger partial charge < -0.3 is 25.0 Å². The molecule has 22 heavy (non-hydrogen) atoms. The number of nitrogens with two attached hydrogens (primary N) is 1. The van der Waals surface area contributed by atoms with Gasteiger partial charge in [-0.05, 0) is 37.4 Å². The van der Waals surface area contributed by atoms with Gasteiger partial charge in [0.25, 0.3) is 0 Å². The van der Waals surface area contributed by atoms with Crippen molar-refractivity contribution in [1.82, 2.24) is 4.90 Å². The standard InChI is InChI=1S/C17H27N3O2/c1-19-5-7-20(8-6-19)16-12-17(21-2)15(18)11-14(16)13-3-9-22-10-4-13/h11-13H,3-10,18H2,1-2H3. The Morgan fingerprint density at radius 2 is 1.82 bits per heavy atom. The maximum atomic E-state index is 6.18. The summed E-state index contributed by atoms with van der Waals surface area (Å²) >= 11 is 0. The van der Waals surface area contributed by atoms with Gasteiger partial charge >= 0.3 is 0 Å². The molecule has 0 radical (unpaired) electrons. The third-order valence-electron chi connectivity index (χ3n) is 4.88. The minimum absolute atomic E-state index is 0.539. The first-order valence-electron chi connectivity index (χ1n) is 8.17. The van der Waals surface area contributed by atoms with Crippen LogP contribution in [0, 0.1) is 0 Å². The number of hydrogen-bond donors (Lipinski definition) is 1. The van der Waals surface area contributed by atoms with E-state index in [-0.39, 0.29) is 0 Å². The molecule has 0 spiro atoms. The number of hydrogen-bond acceptors (Lipinski definition) is 5. The second-order valence-corrected chi connectivity index (χ2v) is 6.33. The number of anilines is 2. The van der Waals surface area contributed by atoms with Crippen LogP contribution in [0.2, 0.25) is 0 Å². The lowest BCUT2D eigenvalue weighted by molar-refractivity contribution is 0.0854. The summed E-state index contributed by atoms with van der Waals surface area (Å²) in [7, 11) is 3.87. The first-order valence-corrected chi connectivity index (χ1v) is 8.17.